The number of ether oxygens (including phenoxy) is 2. The van der Waals surface area contributed by atoms with Crippen LogP contribution in [0.5, 0.6) is 0 Å². The Hall–Kier alpha value is -2.67. The second-order valence-electron chi connectivity index (χ2n) is 11.8. The van der Waals surface area contributed by atoms with Crippen LogP contribution in [0.3, 0.4) is 0 Å². The van der Waals surface area contributed by atoms with Gasteiger partial charge in [-0.05, 0) is 48.6 Å². The van der Waals surface area contributed by atoms with Crippen molar-refractivity contribution in [2.75, 3.05) is 11.9 Å². The monoisotopic (exact) mass is 612 g/mol. The number of aliphatic carboxylic acids is 1. The van der Waals surface area contributed by atoms with Gasteiger partial charge in [-0.3, -0.25) is 4.79 Å². The molecular weight excluding hydrogens is 578 g/mol. The number of carbonyl (C=O) groups is 2. The van der Waals surface area contributed by atoms with Crippen LogP contribution in [0, 0.1) is 11.7 Å². The van der Waals surface area contributed by atoms with Gasteiger partial charge in [0, 0.05) is 30.2 Å². The number of para-hydroxylation sites is 1. The van der Waals surface area contributed by atoms with Crippen LogP contribution in [0.2, 0.25) is 0 Å². The minimum Gasteiger partial charge on any atom is -0.550 e. The molecular formula is C33H34FN2NaO7. The van der Waals surface area contributed by atoms with Crippen molar-refractivity contribution in [3.05, 3.63) is 102 Å². The molecule has 3 aromatic carbocycles. The Kier molecular flexibility index (Phi) is 8.87. The molecule has 0 spiro atoms. The fraction of sp³-hybridized carbons (Fsp3) is 0.394. The molecule has 5 unspecified atom stereocenters. The summed E-state index contributed by atoms with van der Waals surface area (Å²) in [6.07, 6.45) is -2.20. The molecule has 3 N–H and O–H groups in total. The van der Waals surface area contributed by atoms with Gasteiger partial charge in [0.25, 0.3) is 5.91 Å². The van der Waals surface area contributed by atoms with Crippen LogP contribution < -0.4 is 40.0 Å². The van der Waals surface area contributed by atoms with Gasteiger partial charge < -0.3 is 34.9 Å². The first-order valence-corrected chi connectivity index (χ1v) is 14.5. The van der Waals surface area contributed by atoms with E-state index in [0.29, 0.717) is 23.2 Å². The maximum absolute atomic E-state index is 14.7. The number of nitrogens with one attached hydrogen (secondary N) is 1. The smallest absolute Gasteiger partial charge is 0.550 e. The number of halogens is 1. The standard InChI is InChI=1S/C33H35FN2O7.Na/c1-21(2)33-31(29(40)35-25-11-7-4-8-12-25)30(43-31,22-9-5-3-6-10-22)32(41,23-13-15-24(34)16-14-23)36(33)18-17-27(42-33)19-26(37)20-28(38)39;/h3-16,21,26-27,37,41H,17-20H2,1-2H3,(H,35,40)(H,38,39);/q;+1/p-1/t26-,27?,30?,31?,32?,33?;/m1./s1. The molecule has 1 amide bonds. The number of benzene rings is 3. The van der Waals surface area contributed by atoms with Crippen LogP contribution in [0.4, 0.5) is 10.1 Å². The zero-order valence-electron chi connectivity index (χ0n) is 24.9. The summed E-state index contributed by atoms with van der Waals surface area (Å²) >= 11 is 0. The summed E-state index contributed by atoms with van der Waals surface area (Å²) in [7, 11) is 0. The number of carboxylic acid groups (broad SMARTS) is 1. The van der Waals surface area contributed by atoms with Crippen LogP contribution in [-0.4, -0.2) is 57.1 Å². The number of aliphatic hydroxyl groups excluding tert-OH is 1. The SMILES string of the molecule is CC(C)C12OC(C[C@@H](O)CC(=O)[O-])CCN1C(O)(c1ccc(F)cc1)C1(c3ccccc3)OC21C(=O)Nc1ccccc1.[Na+]. The Bertz CT molecular complexity index is 1510. The van der Waals surface area contributed by atoms with E-state index in [0.717, 1.165) is 0 Å². The summed E-state index contributed by atoms with van der Waals surface area (Å²) in [6, 6.07) is 23.3. The number of rotatable bonds is 9. The van der Waals surface area contributed by atoms with E-state index < -0.39 is 64.9 Å². The van der Waals surface area contributed by atoms with Crippen molar-refractivity contribution in [3.63, 3.8) is 0 Å². The summed E-state index contributed by atoms with van der Waals surface area (Å²) < 4.78 is 27.7. The van der Waals surface area contributed by atoms with Gasteiger partial charge in [0.2, 0.25) is 5.60 Å². The van der Waals surface area contributed by atoms with Crippen molar-refractivity contribution in [1.29, 1.82) is 0 Å². The number of carboxylic acids is 1. The van der Waals surface area contributed by atoms with Gasteiger partial charge >= 0.3 is 29.6 Å². The number of hydrogen-bond donors (Lipinski definition) is 3. The molecule has 226 valence electrons. The fourth-order valence-electron chi connectivity index (χ4n) is 7.41. The number of anilines is 1. The average Bonchev–Trinajstić information content (AvgIpc) is 3.67. The average molecular weight is 613 g/mol. The van der Waals surface area contributed by atoms with E-state index in [1.165, 1.54) is 24.3 Å². The van der Waals surface area contributed by atoms with Crippen LogP contribution >= 0.6 is 0 Å². The number of carbonyl (C=O) groups excluding carboxylic acids is 2. The van der Waals surface area contributed by atoms with Gasteiger partial charge in [-0.15, -0.1) is 0 Å². The minimum atomic E-state index is -2.01. The summed E-state index contributed by atoms with van der Waals surface area (Å²) in [6.45, 7) is 3.92. The Morgan fingerprint density at radius 2 is 1.64 bits per heavy atom. The van der Waals surface area contributed by atoms with Gasteiger partial charge in [0.05, 0.1) is 12.2 Å². The molecule has 3 aromatic rings. The zero-order valence-corrected chi connectivity index (χ0v) is 26.9. The second-order valence-corrected chi connectivity index (χ2v) is 11.8. The molecule has 3 aliphatic heterocycles. The Morgan fingerprint density at radius 3 is 2.23 bits per heavy atom. The molecule has 6 rings (SSSR count). The molecule has 6 atom stereocenters. The van der Waals surface area contributed by atoms with Crippen LogP contribution in [0.15, 0.2) is 84.9 Å². The van der Waals surface area contributed by atoms with E-state index in [4.69, 9.17) is 9.47 Å². The largest absolute Gasteiger partial charge is 1.00 e. The van der Waals surface area contributed by atoms with Gasteiger partial charge in [0.15, 0.2) is 17.1 Å². The molecule has 3 saturated heterocycles. The first-order valence-electron chi connectivity index (χ1n) is 14.5. The molecule has 0 aliphatic carbocycles. The Labute approximate surface area is 277 Å². The first-order chi connectivity index (χ1) is 20.5. The van der Waals surface area contributed by atoms with E-state index in [9.17, 15) is 29.3 Å². The Morgan fingerprint density at radius 1 is 1.02 bits per heavy atom. The third-order valence-electron chi connectivity index (χ3n) is 9.07. The molecule has 3 heterocycles. The normalized spacial score (nSPS) is 31.4. The summed E-state index contributed by atoms with van der Waals surface area (Å²) in [5.74, 6) is -2.90. The number of nitrogens with zero attached hydrogens (tertiary/aromatic N) is 1. The fourth-order valence-corrected chi connectivity index (χ4v) is 7.41. The molecule has 3 fully saturated rings. The van der Waals surface area contributed by atoms with E-state index in [2.05, 4.69) is 5.32 Å². The van der Waals surface area contributed by atoms with Crippen LogP contribution in [-0.2, 0) is 30.4 Å². The molecule has 0 saturated carbocycles. The van der Waals surface area contributed by atoms with Gasteiger partial charge in [-0.25, -0.2) is 9.29 Å². The third-order valence-corrected chi connectivity index (χ3v) is 9.07. The second kappa shape index (κ2) is 11.9. The maximum Gasteiger partial charge on any atom is 1.00 e. The van der Waals surface area contributed by atoms with E-state index in [1.54, 1.807) is 53.4 Å². The third kappa shape index (κ3) is 4.58. The summed E-state index contributed by atoms with van der Waals surface area (Å²) in [5, 5.41) is 37.8. The first kappa shape index (κ1) is 32.7. The number of fused-ring (bicyclic) bond motifs is 3. The predicted molar refractivity (Wildman–Crippen MR) is 151 cm³/mol. The number of morpholine rings is 1. The number of hydrogen-bond acceptors (Lipinski definition) is 8. The quantitative estimate of drug-likeness (QED) is 0.220. The van der Waals surface area contributed by atoms with Crippen molar-refractivity contribution in [3.8, 4) is 0 Å². The van der Waals surface area contributed by atoms with Crippen molar-refractivity contribution in [1.82, 2.24) is 4.90 Å². The van der Waals surface area contributed by atoms with E-state index in [-0.39, 0.29) is 42.5 Å². The number of amides is 1. The van der Waals surface area contributed by atoms with Gasteiger partial charge in [-0.2, -0.15) is 0 Å². The van der Waals surface area contributed by atoms with E-state index in [1.807, 2.05) is 26.0 Å². The van der Waals surface area contributed by atoms with Crippen molar-refractivity contribution in [2.45, 2.75) is 68.0 Å². The number of epoxide rings is 1. The number of aliphatic hydroxyl groups is 2. The molecule has 9 nitrogen and oxygen atoms in total. The maximum atomic E-state index is 14.7. The molecule has 0 aromatic heterocycles. The minimum absolute atomic E-state index is 0. The molecule has 44 heavy (non-hydrogen) atoms. The van der Waals surface area contributed by atoms with Gasteiger partial charge in [0.1, 0.15) is 5.82 Å². The zero-order chi connectivity index (χ0) is 30.6. The van der Waals surface area contributed by atoms with Crippen molar-refractivity contribution < 1.29 is 68.3 Å². The van der Waals surface area contributed by atoms with E-state index >= 15 is 0 Å². The Balaban J connectivity index is 0.00000384. The van der Waals surface area contributed by atoms with Crippen molar-refractivity contribution >= 4 is 17.6 Å². The van der Waals surface area contributed by atoms with Crippen LogP contribution in [0.25, 0.3) is 0 Å². The van der Waals surface area contributed by atoms with Gasteiger partial charge in [-0.1, -0.05) is 74.5 Å². The summed E-state index contributed by atoms with van der Waals surface area (Å²) in [4.78, 5) is 27.6. The van der Waals surface area contributed by atoms with Crippen molar-refractivity contribution in [2.24, 2.45) is 5.92 Å². The van der Waals surface area contributed by atoms with Crippen LogP contribution in [0.1, 0.15) is 44.2 Å². The molecule has 3 aliphatic rings. The molecule has 0 radical (unpaired) electrons. The predicted octanol–water partition coefficient (Wildman–Crippen LogP) is -0.374. The summed E-state index contributed by atoms with van der Waals surface area (Å²) in [5.41, 5.74) is -5.78. The topological polar surface area (TPSA) is 135 Å². The molecule has 0 bridgehead atoms. The molecule has 11 heteroatoms.